The van der Waals surface area contributed by atoms with Crippen molar-refractivity contribution in [1.82, 2.24) is 4.98 Å². The third-order valence-electron chi connectivity index (χ3n) is 4.29. The first-order valence-corrected chi connectivity index (χ1v) is 9.05. The van der Waals surface area contributed by atoms with Gasteiger partial charge < -0.3 is 9.73 Å². The molecule has 1 aliphatic rings. The fourth-order valence-corrected chi connectivity index (χ4v) is 3.09. The summed E-state index contributed by atoms with van der Waals surface area (Å²) in [6.07, 6.45) is 2.08. The highest BCUT2D eigenvalue weighted by atomic mass is 79.9. The van der Waals surface area contributed by atoms with Crippen LogP contribution in [-0.4, -0.2) is 10.9 Å². The average Bonchev–Trinajstić information content (AvgIpc) is 3.37. The molecular formula is C20H17BrN2O2. The van der Waals surface area contributed by atoms with Gasteiger partial charge in [-0.05, 0) is 49.6 Å². The Morgan fingerprint density at radius 2 is 1.96 bits per heavy atom. The smallest absolute Gasteiger partial charge is 0.277 e. The Morgan fingerprint density at radius 1 is 1.20 bits per heavy atom. The van der Waals surface area contributed by atoms with Crippen LogP contribution < -0.4 is 5.32 Å². The summed E-state index contributed by atoms with van der Waals surface area (Å²) in [5.74, 6) is 1.27. The van der Waals surface area contributed by atoms with Crippen molar-refractivity contribution >= 4 is 27.5 Å². The van der Waals surface area contributed by atoms with Crippen molar-refractivity contribution in [1.29, 1.82) is 0 Å². The molecule has 1 aromatic heterocycles. The lowest BCUT2D eigenvalue weighted by molar-refractivity contribution is 0.102. The Morgan fingerprint density at radius 3 is 2.68 bits per heavy atom. The van der Waals surface area contributed by atoms with Gasteiger partial charge in [0.05, 0.1) is 0 Å². The number of aryl methyl sites for hydroxylation is 1. The van der Waals surface area contributed by atoms with Crippen LogP contribution in [0, 0.1) is 6.92 Å². The maximum Gasteiger partial charge on any atom is 0.277 e. The van der Waals surface area contributed by atoms with Crippen molar-refractivity contribution in [2.45, 2.75) is 25.7 Å². The molecule has 0 unspecified atom stereocenters. The van der Waals surface area contributed by atoms with E-state index in [0.717, 1.165) is 34.1 Å². The number of rotatable bonds is 4. The van der Waals surface area contributed by atoms with Crippen LogP contribution in [0.3, 0.4) is 0 Å². The Kier molecular flexibility index (Phi) is 4.17. The van der Waals surface area contributed by atoms with Crippen LogP contribution in [0.5, 0.6) is 0 Å². The molecule has 0 radical (unpaired) electrons. The van der Waals surface area contributed by atoms with E-state index in [4.69, 9.17) is 4.42 Å². The number of amides is 1. The maximum absolute atomic E-state index is 12.8. The van der Waals surface area contributed by atoms with Crippen LogP contribution in [0.1, 0.15) is 40.6 Å². The van der Waals surface area contributed by atoms with Gasteiger partial charge in [0.25, 0.3) is 5.91 Å². The largest absolute Gasteiger partial charge is 0.440 e. The van der Waals surface area contributed by atoms with Crippen molar-refractivity contribution in [2.24, 2.45) is 0 Å². The average molecular weight is 397 g/mol. The number of nitrogens with zero attached hydrogens (tertiary/aromatic N) is 1. The zero-order valence-corrected chi connectivity index (χ0v) is 15.3. The molecule has 2 aromatic carbocycles. The molecule has 0 spiro atoms. The quantitative estimate of drug-likeness (QED) is 0.629. The molecule has 1 fully saturated rings. The van der Waals surface area contributed by atoms with Gasteiger partial charge in [0.1, 0.15) is 5.76 Å². The van der Waals surface area contributed by atoms with Crippen LogP contribution in [-0.2, 0) is 0 Å². The molecule has 1 saturated carbocycles. The molecule has 1 N–H and O–H groups in total. The fraction of sp³-hybridized carbons (Fsp3) is 0.200. The summed E-state index contributed by atoms with van der Waals surface area (Å²) < 4.78 is 6.87. The highest BCUT2D eigenvalue weighted by molar-refractivity contribution is 9.10. The van der Waals surface area contributed by atoms with Crippen molar-refractivity contribution < 1.29 is 9.21 Å². The predicted molar refractivity (Wildman–Crippen MR) is 101 cm³/mol. The summed E-state index contributed by atoms with van der Waals surface area (Å²) in [5, 5.41) is 2.96. The van der Waals surface area contributed by atoms with Gasteiger partial charge in [0.15, 0.2) is 5.69 Å². The second-order valence-corrected chi connectivity index (χ2v) is 7.20. The van der Waals surface area contributed by atoms with Crippen LogP contribution in [0.15, 0.2) is 57.4 Å². The van der Waals surface area contributed by atoms with E-state index >= 15 is 0 Å². The second kappa shape index (κ2) is 6.48. The van der Waals surface area contributed by atoms with Gasteiger partial charge in [-0.1, -0.05) is 40.2 Å². The van der Waals surface area contributed by atoms with E-state index in [1.807, 2.05) is 55.5 Å². The first-order chi connectivity index (χ1) is 12.1. The summed E-state index contributed by atoms with van der Waals surface area (Å²) in [7, 11) is 0. The third kappa shape index (κ3) is 3.37. The molecule has 3 aromatic rings. The first kappa shape index (κ1) is 16.1. The number of oxazole rings is 1. The van der Waals surface area contributed by atoms with Gasteiger partial charge in [-0.15, -0.1) is 0 Å². The Balaban J connectivity index is 1.68. The summed E-state index contributed by atoms with van der Waals surface area (Å²) >= 11 is 3.44. The van der Waals surface area contributed by atoms with Crippen molar-refractivity contribution in [2.75, 3.05) is 5.32 Å². The summed E-state index contributed by atoms with van der Waals surface area (Å²) in [5.41, 5.74) is 3.03. The second-order valence-electron chi connectivity index (χ2n) is 6.29. The summed E-state index contributed by atoms with van der Waals surface area (Å²) in [6.45, 7) is 1.96. The van der Waals surface area contributed by atoms with E-state index in [-0.39, 0.29) is 5.91 Å². The molecule has 1 aliphatic carbocycles. The van der Waals surface area contributed by atoms with Gasteiger partial charge >= 0.3 is 0 Å². The number of carbonyl (C=O) groups is 1. The number of aromatic nitrogens is 1. The molecule has 126 valence electrons. The lowest BCUT2D eigenvalue weighted by Gasteiger charge is -2.08. The molecule has 4 rings (SSSR count). The molecule has 0 atom stereocenters. The van der Waals surface area contributed by atoms with Gasteiger partial charge in [0, 0.05) is 21.6 Å². The van der Waals surface area contributed by atoms with E-state index < -0.39 is 0 Å². The minimum atomic E-state index is -0.228. The topological polar surface area (TPSA) is 55.1 Å². The highest BCUT2D eigenvalue weighted by Crippen LogP contribution is 2.43. The summed E-state index contributed by atoms with van der Waals surface area (Å²) in [6, 6.07) is 15.5. The van der Waals surface area contributed by atoms with Crippen molar-refractivity contribution in [3.8, 4) is 11.5 Å². The zero-order valence-electron chi connectivity index (χ0n) is 13.8. The number of anilines is 1. The molecule has 1 amide bonds. The molecule has 0 aliphatic heterocycles. The standard InChI is InChI=1S/C20H17BrN2O2/c1-12-7-10-15(21)11-16(12)22-19(24)17-18(13-8-9-13)25-20(23-17)14-5-3-2-4-6-14/h2-7,10-11,13H,8-9H2,1H3,(H,22,24). The predicted octanol–water partition coefficient (Wildman–Crippen LogP) is 5.54. The SMILES string of the molecule is Cc1ccc(Br)cc1NC(=O)c1nc(-c2ccccc2)oc1C1CC1. The third-order valence-corrected chi connectivity index (χ3v) is 4.78. The fourth-order valence-electron chi connectivity index (χ4n) is 2.73. The maximum atomic E-state index is 12.8. The van der Waals surface area contributed by atoms with E-state index in [1.54, 1.807) is 0 Å². The number of hydrogen-bond acceptors (Lipinski definition) is 3. The Labute approximate surface area is 154 Å². The van der Waals surface area contributed by atoms with Gasteiger partial charge in [0.2, 0.25) is 5.89 Å². The van der Waals surface area contributed by atoms with E-state index in [2.05, 4.69) is 26.2 Å². The number of carbonyl (C=O) groups excluding carboxylic acids is 1. The number of hydrogen-bond donors (Lipinski definition) is 1. The van der Waals surface area contributed by atoms with E-state index in [9.17, 15) is 4.79 Å². The van der Waals surface area contributed by atoms with Crippen molar-refractivity contribution in [3.05, 3.63) is 70.0 Å². The molecule has 25 heavy (non-hydrogen) atoms. The van der Waals surface area contributed by atoms with Crippen LogP contribution >= 0.6 is 15.9 Å². The van der Waals surface area contributed by atoms with Crippen molar-refractivity contribution in [3.63, 3.8) is 0 Å². The van der Waals surface area contributed by atoms with Crippen LogP contribution in [0.2, 0.25) is 0 Å². The highest BCUT2D eigenvalue weighted by Gasteiger charge is 2.34. The molecule has 5 heteroatoms. The first-order valence-electron chi connectivity index (χ1n) is 8.25. The van der Waals surface area contributed by atoms with Gasteiger partial charge in [-0.25, -0.2) is 4.98 Å². The van der Waals surface area contributed by atoms with Crippen LogP contribution in [0.4, 0.5) is 5.69 Å². The lowest BCUT2D eigenvalue weighted by atomic mass is 10.2. The monoisotopic (exact) mass is 396 g/mol. The van der Waals surface area contributed by atoms with Gasteiger partial charge in [-0.3, -0.25) is 4.79 Å². The summed E-state index contributed by atoms with van der Waals surface area (Å²) in [4.78, 5) is 17.3. The molecule has 0 saturated heterocycles. The number of benzene rings is 2. The zero-order chi connectivity index (χ0) is 17.4. The Hall–Kier alpha value is -2.40. The minimum Gasteiger partial charge on any atom is -0.440 e. The van der Waals surface area contributed by atoms with Gasteiger partial charge in [-0.2, -0.15) is 0 Å². The normalized spacial score (nSPS) is 13.7. The minimum absolute atomic E-state index is 0.228. The Bertz CT molecular complexity index is 930. The number of halogens is 1. The molecule has 0 bridgehead atoms. The van der Waals surface area contributed by atoms with Crippen LogP contribution in [0.25, 0.3) is 11.5 Å². The van der Waals surface area contributed by atoms with E-state index in [0.29, 0.717) is 23.3 Å². The number of nitrogens with one attached hydrogen (secondary N) is 1. The van der Waals surface area contributed by atoms with E-state index in [1.165, 1.54) is 0 Å². The molecule has 1 heterocycles. The molecule has 4 nitrogen and oxygen atoms in total. The molecular weight excluding hydrogens is 380 g/mol. The lowest BCUT2D eigenvalue weighted by Crippen LogP contribution is -2.15.